The molecule has 1 rings (SSSR count). The molecule has 2 N–H and O–H groups in total. The zero-order chi connectivity index (χ0) is 20.9. The highest BCUT2D eigenvalue weighted by molar-refractivity contribution is 5.77. The summed E-state index contributed by atoms with van der Waals surface area (Å²) in [4.78, 5) is 27.7. The van der Waals surface area contributed by atoms with Gasteiger partial charge in [-0.2, -0.15) is 0 Å². The molecule has 0 saturated carbocycles. The van der Waals surface area contributed by atoms with Gasteiger partial charge in [0.2, 0.25) is 11.8 Å². The summed E-state index contributed by atoms with van der Waals surface area (Å²) in [6.07, 6.45) is -0.914. The zero-order valence-electron chi connectivity index (χ0n) is 17.3. The van der Waals surface area contributed by atoms with Crippen molar-refractivity contribution in [2.45, 2.75) is 51.4 Å². The number of amides is 2. The monoisotopic (exact) mass is 404 g/mol. The molecule has 0 radical (unpaired) electrons. The summed E-state index contributed by atoms with van der Waals surface area (Å²) in [5.74, 6) is -0.224. The number of aliphatic hydroxyl groups excluding tert-OH is 2. The van der Waals surface area contributed by atoms with E-state index in [2.05, 4.69) is 0 Å². The Morgan fingerprint density at radius 3 is 2.43 bits per heavy atom. The van der Waals surface area contributed by atoms with Gasteiger partial charge in [-0.25, -0.2) is 0 Å². The molecule has 28 heavy (non-hydrogen) atoms. The third-order valence-electron chi connectivity index (χ3n) is 4.82. The second-order valence-corrected chi connectivity index (χ2v) is 6.95. The Morgan fingerprint density at radius 1 is 1.11 bits per heavy atom. The summed E-state index contributed by atoms with van der Waals surface area (Å²) in [6.45, 7) is 5.90. The van der Waals surface area contributed by atoms with E-state index in [1.165, 1.54) is 14.0 Å². The lowest BCUT2D eigenvalue weighted by Crippen LogP contribution is -2.48. The van der Waals surface area contributed by atoms with Gasteiger partial charge < -0.3 is 34.2 Å². The summed E-state index contributed by atoms with van der Waals surface area (Å²) in [5, 5.41) is 20.5. The molecule has 0 bridgehead atoms. The van der Waals surface area contributed by atoms with Crippen molar-refractivity contribution < 1.29 is 34.0 Å². The molecular formula is C19H36N2O7. The number of rotatable bonds is 4. The number of carbonyl (C=O) groups is 2. The topological polar surface area (TPSA) is 109 Å². The van der Waals surface area contributed by atoms with Crippen molar-refractivity contribution in [3.63, 3.8) is 0 Å². The highest BCUT2D eigenvalue weighted by Gasteiger charge is 2.29. The number of nitrogens with zero attached hydrogens (tertiary/aromatic N) is 2. The summed E-state index contributed by atoms with van der Waals surface area (Å²) in [6, 6.07) is 0. The van der Waals surface area contributed by atoms with Crippen LogP contribution in [0.4, 0.5) is 0 Å². The fourth-order valence-electron chi connectivity index (χ4n) is 3.07. The van der Waals surface area contributed by atoms with E-state index in [-0.39, 0.29) is 31.6 Å². The van der Waals surface area contributed by atoms with Crippen molar-refractivity contribution in [1.29, 1.82) is 0 Å². The van der Waals surface area contributed by atoms with Crippen LogP contribution in [0.1, 0.15) is 33.1 Å². The first-order valence-corrected chi connectivity index (χ1v) is 9.98. The lowest BCUT2D eigenvalue weighted by Gasteiger charge is -2.31. The number of ether oxygens (including phenoxy) is 3. The maximum atomic E-state index is 12.4. The van der Waals surface area contributed by atoms with Gasteiger partial charge in [0.25, 0.3) is 0 Å². The Labute approximate surface area is 167 Å². The summed E-state index contributed by atoms with van der Waals surface area (Å²) < 4.78 is 16.0. The number of methoxy groups -OCH3 is 1. The van der Waals surface area contributed by atoms with E-state index in [1.807, 2.05) is 6.92 Å². The van der Waals surface area contributed by atoms with Gasteiger partial charge in [-0.3, -0.25) is 9.59 Å². The Kier molecular flexibility index (Phi) is 12.2. The smallest absolute Gasteiger partial charge is 0.248 e. The summed E-state index contributed by atoms with van der Waals surface area (Å²) in [5.41, 5.74) is 0. The van der Waals surface area contributed by atoms with Gasteiger partial charge in [0.15, 0.2) is 0 Å². The molecule has 9 nitrogen and oxygen atoms in total. The lowest BCUT2D eigenvalue weighted by atomic mass is 10.1. The molecule has 1 aliphatic heterocycles. The minimum Gasteiger partial charge on any atom is -0.388 e. The molecule has 1 saturated heterocycles. The van der Waals surface area contributed by atoms with Gasteiger partial charge in [-0.05, 0) is 26.2 Å². The predicted octanol–water partition coefficient (Wildman–Crippen LogP) is -0.363. The zero-order valence-corrected chi connectivity index (χ0v) is 17.3. The molecule has 9 heteroatoms. The first kappa shape index (κ1) is 24.8. The Bertz CT molecular complexity index is 464. The van der Waals surface area contributed by atoms with E-state index < -0.39 is 18.3 Å². The molecule has 0 unspecified atom stereocenters. The van der Waals surface area contributed by atoms with Crippen LogP contribution in [0.15, 0.2) is 0 Å². The lowest BCUT2D eigenvalue weighted by molar-refractivity contribution is -0.137. The van der Waals surface area contributed by atoms with Crippen LogP contribution in [0.25, 0.3) is 0 Å². The normalized spacial score (nSPS) is 26.4. The van der Waals surface area contributed by atoms with Crippen LogP contribution in [0, 0.1) is 0 Å². The standard InChI is InChI=1S/C19H36N2O7/c1-4-27-14-18(24)20-8-5-6-11-28-13-16(23)19(25)17(26-3)12-21(15(2)22)10-7-9-20/h16-17,19,23,25H,4-14H2,1-3H3/t16-,17-,19-/m0/s1. The molecule has 0 spiro atoms. The van der Waals surface area contributed by atoms with Crippen LogP contribution in [0.3, 0.4) is 0 Å². The van der Waals surface area contributed by atoms with Crippen molar-refractivity contribution >= 4 is 11.8 Å². The van der Waals surface area contributed by atoms with Crippen LogP contribution < -0.4 is 0 Å². The molecule has 3 atom stereocenters. The van der Waals surface area contributed by atoms with E-state index in [9.17, 15) is 19.8 Å². The highest BCUT2D eigenvalue weighted by Crippen LogP contribution is 2.10. The van der Waals surface area contributed by atoms with E-state index >= 15 is 0 Å². The second kappa shape index (κ2) is 13.8. The van der Waals surface area contributed by atoms with Crippen molar-refractivity contribution in [1.82, 2.24) is 9.80 Å². The van der Waals surface area contributed by atoms with Crippen LogP contribution >= 0.6 is 0 Å². The van der Waals surface area contributed by atoms with Crippen molar-refractivity contribution in [2.24, 2.45) is 0 Å². The molecule has 0 aliphatic carbocycles. The maximum absolute atomic E-state index is 12.4. The molecule has 1 fully saturated rings. The molecule has 0 aromatic carbocycles. The van der Waals surface area contributed by atoms with Crippen LogP contribution in [0.5, 0.6) is 0 Å². The average Bonchev–Trinajstić information content (AvgIpc) is 2.68. The molecule has 1 aliphatic rings. The quantitative estimate of drug-likeness (QED) is 0.658. The van der Waals surface area contributed by atoms with Gasteiger partial charge in [-0.1, -0.05) is 0 Å². The number of hydrogen-bond donors (Lipinski definition) is 2. The third-order valence-corrected chi connectivity index (χ3v) is 4.82. The summed E-state index contributed by atoms with van der Waals surface area (Å²) >= 11 is 0. The van der Waals surface area contributed by atoms with Crippen molar-refractivity contribution in [3.05, 3.63) is 0 Å². The van der Waals surface area contributed by atoms with Gasteiger partial charge in [0, 0.05) is 53.4 Å². The first-order chi connectivity index (χ1) is 13.4. The number of carbonyl (C=O) groups excluding carboxylic acids is 2. The van der Waals surface area contributed by atoms with Gasteiger partial charge in [0.05, 0.1) is 6.61 Å². The molecular weight excluding hydrogens is 368 g/mol. The van der Waals surface area contributed by atoms with E-state index in [0.29, 0.717) is 39.3 Å². The summed E-state index contributed by atoms with van der Waals surface area (Å²) in [7, 11) is 1.43. The molecule has 2 amide bonds. The molecule has 0 aromatic heterocycles. The van der Waals surface area contributed by atoms with Crippen molar-refractivity contribution in [2.75, 3.05) is 59.7 Å². The fourth-order valence-corrected chi connectivity index (χ4v) is 3.07. The first-order valence-electron chi connectivity index (χ1n) is 9.98. The second-order valence-electron chi connectivity index (χ2n) is 6.95. The minimum atomic E-state index is -1.17. The van der Waals surface area contributed by atoms with Crippen LogP contribution in [0.2, 0.25) is 0 Å². The average molecular weight is 405 g/mol. The number of aliphatic hydroxyl groups is 2. The third kappa shape index (κ3) is 8.83. The van der Waals surface area contributed by atoms with Gasteiger partial charge in [-0.15, -0.1) is 0 Å². The number of hydrogen-bond acceptors (Lipinski definition) is 7. The molecule has 1 heterocycles. The van der Waals surface area contributed by atoms with Gasteiger partial charge in [0.1, 0.15) is 24.9 Å². The van der Waals surface area contributed by atoms with Crippen LogP contribution in [-0.2, 0) is 23.8 Å². The maximum Gasteiger partial charge on any atom is 0.248 e. The van der Waals surface area contributed by atoms with Gasteiger partial charge >= 0.3 is 0 Å². The fraction of sp³-hybridized carbons (Fsp3) is 0.895. The van der Waals surface area contributed by atoms with E-state index in [0.717, 1.165) is 12.8 Å². The SMILES string of the molecule is CCOCC(=O)N1CCCCOC[C@H](O)[C@H](O)[C@@H](OC)CN(C(C)=O)CCC1. The Morgan fingerprint density at radius 2 is 1.79 bits per heavy atom. The van der Waals surface area contributed by atoms with Crippen molar-refractivity contribution in [3.8, 4) is 0 Å². The molecule has 0 aromatic rings. The van der Waals surface area contributed by atoms with E-state index in [4.69, 9.17) is 14.2 Å². The van der Waals surface area contributed by atoms with Crippen LogP contribution in [-0.4, -0.2) is 110 Å². The predicted molar refractivity (Wildman–Crippen MR) is 103 cm³/mol. The Hall–Kier alpha value is -1.26. The minimum absolute atomic E-state index is 0.0198. The largest absolute Gasteiger partial charge is 0.388 e. The van der Waals surface area contributed by atoms with E-state index in [1.54, 1.807) is 9.80 Å². The molecule has 164 valence electrons. The highest BCUT2D eigenvalue weighted by atomic mass is 16.5. The Balaban J connectivity index is 2.82.